The minimum absolute atomic E-state index is 0.139. The fourth-order valence-electron chi connectivity index (χ4n) is 2.65. The molecule has 1 aliphatic rings. The number of hydrogen-bond donors (Lipinski definition) is 1. The number of carbonyl (C=O) groups is 1. The molecule has 2 aromatic rings. The Morgan fingerprint density at radius 3 is 3.00 bits per heavy atom. The number of rotatable bonds is 3. The molecule has 3 rings (SSSR count). The third-order valence-corrected chi connectivity index (χ3v) is 3.82. The van der Waals surface area contributed by atoms with E-state index >= 15 is 0 Å². The van der Waals surface area contributed by atoms with Crippen LogP contribution < -0.4 is 10.1 Å². The number of likely N-dealkylation sites (tertiary alicyclic amines) is 1. The number of aryl methyl sites for hydroxylation is 1. The number of nitrogens with zero attached hydrogens (tertiary/aromatic N) is 3. The summed E-state index contributed by atoms with van der Waals surface area (Å²) in [4.78, 5) is 22.2. The van der Waals surface area contributed by atoms with Crippen LogP contribution in [0.1, 0.15) is 18.7 Å². The van der Waals surface area contributed by atoms with Crippen molar-refractivity contribution in [3.63, 3.8) is 0 Å². The van der Waals surface area contributed by atoms with E-state index in [-0.39, 0.29) is 17.8 Å². The lowest BCUT2D eigenvalue weighted by molar-refractivity contribution is 0.102. The number of carbonyl (C=O) groups excluding carboxylic acids is 1. The average Bonchev–Trinajstić information content (AvgIpc) is 2.57. The van der Waals surface area contributed by atoms with Gasteiger partial charge >= 0.3 is 6.03 Å². The van der Waals surface area contributed by atoms with E-state index in [1.54, 1.807) is 36.2 Å². The number of amides is 2. The Morgan fingerprint density at radius 2 is 2.21 bits per heavy atom. The number of para-hydroxylation sites is 1. The Hall–Kier alpha value is -2.70. The zero-order valence-corrected chi connectivity index (χ0v) is 13.4. The first-order chi connectivity index (χ1) is 11.6. The number of nitrogens with one attached hydrogen (secondary N) is 1. The molecule has 24 heavy (non-hydrogen) atoms. The molecule has 1 aliphatic heterocycles. The van der Waals surface area contributed by atoms with Gasteiger partial charge in [-0.15, -0.1) is 0 Å². The average molecular weight is 330 g/mol. The standard InChI is InChI=1S/C17H19FN4O2/c1-12-19-9-8-16(20-12)24-13-5-4-10-22(11-13)17(23)21-15-7-3-2-6-14(15)18/h2-3,6-9,13H,4-5,10-11H2,1H3,(H,21,23). The number of anilines is 1. The van der Waals surface area contributed by atoms with E-state index in [9.17, 15) is 9.18 Å². The Morgan fingerprint density at radius 1 is 1.38 bits per heavy atom. The molecule has 1 atom stereocenters. The predicted molar refractivity (Wildman–Crippen MR) is 87.4 cm³/mol. The summed E-state index contributed by atoms with van der Waals surface area (Å²) in [5.74, 6) is 0.688. The fourth-order valence-corrected chi connectivity index (χ4v) is 2.65. The Balaban J connectivity index is 1.60. The van der Waals surface area contributed by atoms with Crippen molar-refractivity contribution in [1.82, 2.24) is 14.9 Å². The molecule has 0 bridgehead atoms. The zero-order chi connectivity index (χ0) is 16.9. The van der Waals surface area contributed by atoms with Gasteiger partial charge in [0.25, 0.3) is 0 Å². The van der Waals surface area contributed by atoms with Gasteiger partial charge in [0.2, 0.25) is 5.88 Å². The highest BCUT2D eigenvalue weighted by Gasteiger charge is 2.25. The van der Waals surface area contributed by atoms with Gasteiger partial charge in [0.1, 0.15) is 17.7 Å². The molecule has 1 aromatic carbocycles. The molecule has 1 fully saturated rings. The van der Waals surface area contributed by atoms with Crippen LogP contribution in [0.3, 0.4) is 0 Å². The van der Waals surface area contributed by atoms with E-state index in [0.29, 0.717) is 24.8 Å². The molecular weight excluding hydrogens is 311 g/mol. The second-order valence-electron chi connectivity index (χ2n) is 5.68. The first-order valence-corrected chi connectivity index (χ1v) is 7.88. The summed E-state index contributed by atoms with van der Waals surface area (Å²) < 4.78 is 19.5. The predicted octanol–water partition coefficient (Wildman–Crippen LogP) is 3.00. The van der Waals surface area contributed by atoms with Crippen LogP contribution >= 0.6 is 0 Å². The minimum atomic E-state index is -0.452. The molecule has 1 unspecified atom stereocenters. The van der Waals surface area contributed by atoms with E-state index in [0.717, 1.165) is 12.8 Å². The monoisotopic (exact) mass is 330 g/mol. The maximum atomic E-state index is 13.6. The quantitative estimate of drug-likeness (QED) is 0.939. The van der Waals surface area contributed by atoms with Crippen LogP contribution in [0.2, 0.25) is 0 Å². The number of ether oxygens (including phenoxy) is 1. The van der Waals surface area contributed by atoms with Crippen LogP contribution in [0, 0.1) is 12.7 Å². The lowest BCUT2D eigenvalue weighted by Crippen LogP contribution is -2.46. The molecule has 0 saturated carbocycles. The first kappa shape index (κ1) is 16.2. The lowest BCUT2D eigenvalue weighted by Gasteiger charge is -2.32. The molecule has 0 aliphatic carbocycles. The van der Waals surface area contributed by atoms with Gasteiger partial charge in [-0.05, 0) is 31.9 Å². The molecule has 0 spiro atoms. The Bertz CT molecular complexity index is 725. The largest absolute Gasteiger partial charge is 0.472 e. The highest BCUT2D eigenvalue weighted by Crippen LogP contribution is 2.18. The summed E-state index contributed by atoms with van der Waals surface area (Å²) in [5.41, 5.74) is 0.178. The van der Waals surface area contributed by atoms with E-state index in [1.807, 2.05) is 0 Å². The molecule has 7 heteroatoms. The Kier molecular flexibility index (Phi) is 4.88. The van der Waals surface area contributed by atoms with E-state index in [4.69, 9.17) is 4.74 Å². The molecule has 6 nitrogen and oxygen atoms in total. The molecule has 126 valence electrons. The molecule has 1 N–H and O–H groups in total. The van der Waals surface area contributed by atoms with Gasteiger partial charge in [-0.2, -0.15) is 4.98 Å². The third-order valence-electron chi connectivity index (χ3n) is 3.82. The number of benzene rings is 1. The fraction of sp³-hybridized carbons (Fsp3) is 0.353. The van der Waals surface area contributed by atoms with Crippen molar-refractivity contribution in [2.24, 2.45) is 0 Å². The van der Waals surface area contributed by atoms with Gasteiger partial charge in [0, 0.05) is 18.8 Å². The van der Waals surface area contributed by atoms with Gasteiger partial charge in [0.05, 0.1) is 12.2 Å². The van der Waals surface area contributed by atoms with Crippen molar-refractivity contribution in [3.8, 4) is 5.88 Å². The van der Waals surface area contributed by atoms with E-state index < -0.39 is 5.82 Å². The number of urea groups is 1. The SMILES string of the molecule is Cc1nccc(OC2CCCN(C(=O)Nc3ccccc3F)C2)n1. The minimum Gasteiger partial charge on any atom is -0.472 e. The zero-order valence-electron chi connectivity index (χ0n) is 13.4. The number of piperidine rings is 1. The topological polar surface area (TPSA) is 67.3 Å². The van der Waals surface area contributed by atoms with Crippen LogP contribution in [0.5, 0.6) is 5.88 Å². The molecule has 2 heterocycles. The van der Waals surface area contributed by atoms with Crippen LogP contribution in [0.25, 0.3) is 0 Å². The van der Waals surface area contributed by atoms with Crippen LogP contribution in [-0.2, 0) is 0 Å². The van der Waals surface area contributed by atoms with Crippen LogP contribution in [0.15, 0.2) is 36.5 Å². The first-order valence-electron chi connectivity index (χ1n) is 7.88. The van der Waals surface area contributed by atoms with Crippen molar-refractivity contribution in [1.29, 1.82) is 0 Å². The van der Waals surface area contributed by atoms with Gasteiger partial charge in [-0.3, -0.25) is 0 Å². The normalized spacial score (nSPS) is 17.4. The highest BCUT2D eigenvalue weighted by molar-refractivity contribution is 5.89. The third kappa shape index (κ3) is 3.98. The van der Waals surface area contributed by atoms with Crippen LogP contribution in [-0.4, -0.2) is 40.1 Å². The summed E-state index contributed by atoms with van der Waals surface area (Å²) in [5, 5.41) is 2.60. The maximum absolute atomic E-state index is 13.6. The van der Waals surface area contributed by atoms with Gasteiger partial charge < -0.3 is 15.0 Å². The second-order valence-corrected chi connectivity index (χ2v) is 5.68. The number of halogens is 1. The van der Waals surface area contributed by atoms with Crippen molar-refractivity contribution in [2.75, 3.05) is 18.4 Å². The Labute approximate surface area is 139 Å². The summed E-state index contributed by atoms with van der Waals surface area (Å²) >= 11 is 0. The smallest absolute Gasteiger partial charge is 0.322 e. The molecule has 2 amide bonds. The summed E-state index contributed by atoms with van der Waals surface area (Å²) in [6.07, 6.45) is 3.16. The van der Waals surface area contributed by atoms with Crippen LogP contribution in [0.4, 0.5) is 14.9 Å². The summed E-state index contributed by atoms with van der Waals surface area (Å²) in [6, 6.07) is 7.49. The number of hydrogen-bond acceptors (Lipinski definition) is 4. The van der Waals surface area contributed by atoms with Gasteiger partial charge in [-0.1, -0.05) is 12.1 Å². The molecule has 0 radical (unpaired) electrons. The highest BCUT2D eigenvalue weighted by atomic mass is 19.1. The van der Waals surface area contributed by atoms with E-state index in [1.165, 1.54) is 12.1 Å². The second kappa shape index (κ2) is 7.25. The van der Waals surface area contributed by atoms with E-state index in [2.05, 4.69) is 15.3 Å². The molecular formula is C17H19FN4O2. The van der Waals surface area contributed by atoms with Gasteiger partial charge in [-0.25, -0.2) is 14.2 Å². The maximum Gasteiger partial charge on any atom is 0.322 e. The number of aromatic nitrogens is 2. The lowest BCUT2D eigenvalue weighted by atomic mass is 10.1. The van der Waals surface area contributed by atoms with Crippen molar-refractivity contribution >= 4 is 11.7 Å². The summed E-state index contributed by atoms with van der Waals surface area (Å²) in [6.45, 7) is 2.84. The van der Waals surface area contributed by atoms with Crippen molar-refractivity contribution in [3.05, 3.63) is 48.2 Å². The molecule has 1 aromatic heterocycles. The summed E-state index contributed by atoms with van der Waals surface area (Å²) in [7, 11) is 0. The van der Waals surface area contributed by atoms with Gasteiger partial charge in [0.15, 0.2) is 0 Å². The van der Waals surface area contributed by atoms with Crippen molar-refractivity contribution < 1.29 is 13.9 Å². The molecule has 1 saturated heterocycles. The van der Waals surface area contributed by atoms with Crippen molar-refractivity contribution in [2.45, 2.75) is 25.9 Å².